The van der Waals surface area contributed by atoms with Crippen molar-refractivity contribution in [1.82, 2.24) is 5.32 Å². The molecule has 6 heteroatoms. The van der Waals surface area contributed by atoms with E-state index in [1.165, 1.54) is 0 Å². The van der Waals surface area contributed by atoms with E-state index in [-0.39, 0.29) is 24.4 Å². The van der Waals surface area contributed by atoms with Gasteiger partial charge in [0.2, 0.25) is 5.91 Å². The monoisotopic (exact) mass is 417 g/mol. The van der Waals surface area contributed by atoms with Crippen LogP contribution in [0.5, 0.6) is 11.5 Å². The Bertz CT molecular complexity index is 1000. The van der Waals surface area contributed by atoms with Crippen molar-refractivity contribution < 1.29 is 14.3 Å². The number of anilines is 2. The number of hydrogen-bond acceptors (Lipinski definition) is 4. The second kappa shape index (κ2) is 10.8. The van der Waals surface area contributed by atoms with Gasteiger partial charge in [0.15, 0.2) is 0 Å². The van der Waals surface area contributed by atoms with Crippen molar-refractivity contribution in [2.75, 3.05) is 17.2 Å². The highest BCUT2D eigenvalue weighted by atomic mass is 16.5. The molecule has 3 rings (SSSR count). The van der Waals surface area contributed by atoms with Gasteiger partial charge in [-0.1, -0.05) is 31.2 Å². The van der Waals surface area contributed by atoms with Gasteiger partial charge in [-0.2, -0.15) is 0 Å². The van der Waals surface area contributed by atoms with Gasteiger partial charge in [-0.3, -0.25) is 9.59 Å². The first-order chi connectivity index (χ1) is 15.0. The summed E-state index contributed by atoms with van der Waals surface area (Å²) in [4.78, 5) is 24.6. The molecule has 31 heavy (non-hydrogen) atoms. The summed E-state index contributed by atoms with van der Waals surface area (Å²) in [6.07, 6.45) is 0.854. The molecule has 3 N–H and O–H groups in total. The predicted octanol–water partition coefficient (Wildman–Crippen LogP) is 5.06. The van der Waals surface area contributed by atoms with Gasteiger partial charge in [-0.15, -0.1) is 0 Å². The summed E-state index contributed by atoms with van der Waals surface area (Å²) in [5, 5.41) is 8.81. The fraction of sp³-hybridized carbons (Fsp3) is 0.200. The number of nitrogens with one attached hydrogen (secondary N) is 3. The van der Waals surface area contributed by atoms with Crippen LogP contribution in [0.2, 0.25) is 0 Å². The fourth-order valence-corrected chi connectivity index (χ4v) is 2.80. The number of carbonyl (C=O) groups excluding carboxylic acids is 2. The summed E-state index contributed by atoms with van der Waals surface area (Å²) in [7, 11) is 0. The average Bonchev–Trinajstić information content (AvgIpc) is 2.79. The van der Waals surface area contributed by atoms with E-state index < -0.39 is 0 Å². The molecule has 0 spiro atoms. The van der Waals surface area contributed by atoms with E-state index in [0.717, 1.165) is 17.9 Å². The van der Waals surface area contributed by atoms with E-state index in [1.54, 1.807) is 24.3 Å². The molecule has 0 bridgehead atoms. The first-order valence-corrected chi connectivity index (χ1v) is 10.3. The van der Waals surface area contributed by atoms with Crippen LogP contribution in [0, 0.1) is 0 Å². The van der Waals surface area contributed by atoms with Crippen molar-refractivity contribution >= 4 is 23.2 Å². The van der Waals surface area contributed by atoms with Crippen LogP contribution in [0.15, 0.2) is 78.9 Å². The molecule has 3 aromatic carbocycles. The molecular formula is C25H27N3O3. The zero-order valence-corrected chi connectivity index (χ0v) is 17.7. The fourth-order valence-electron chi connectivity index (χ4n) is 2.80. The molecule has 0 heterocycles. The maximum atomic E-state index is 12.3. The second-order valence-corrected chi connectivity index (χ2v) is 7.20. The summed E-state index contributed by atoms with van der Waals surface area (Å²) in [6, 6.07) is 23.9. The highest BCUT2D eigenvalue weighted by Gasteiger charge is 2.10. The average molecular weight is 418 g/mol. The molecule has 1 unspecified atom stereocenters. The normalized spacial score (nSPS) is 11.3. The van der Waals surface area contributed by atoms with Crippen LogP contribution in [0.1, 0.15) is 30.6 Å². The Hall–Kier alpha value is -3.80. The van der Waals surface area contributed by atoms with Gasteiger partial charge in [-0.05, 0) is 67.9 Å². The predicted molar refractivity (Wildman–Crippen MR) is 124 cm³/mol. The van der Waals surface area contributed by atoms with Gasteiger partial charge < -0.3 is 20.7 Å². The van der Waals surface area contributed by atoms with Crippen LogP contribution in [-0.4, -0.2) is 24.4 Å². The Labute approximate surface area is 182 Å². The lowest BCUT2D eigenvalue weighted by molar-refractivity contribution is -0.114. The lowest BCUT2D eigenvalue weighted by atomic mass is 10.1. The molecule has 0 radical (unpaired) electrons. The largest absolute Gasteiger partial charge is 0.457 e. The van der Waals surface area contributed by atoms with E-state index in [2.05, 4.69) is 16.0 Å². The molecule has 0 aliphatic carbocycles. The molecule has 0 saturated carbocycles. The zero-order chi connectivity index (χ0) is 22.1. The minimum Gasteiger partial charge on any atom is -0.457 e. The maximum absolute atomic E-state index is 12.3. The molecular weight excluding hydrogens is 390 g/mol. The molecule has 6 nitrogen and oxygen atoms in total. The number of hydrogen-bond donors (Lipinski definition) is 3. The van der Waals surface area contributed by atoms with Crippen molar-refractivity contribution in [2.45, 2.75) is 26.3 Å². The Balaban J connectivity index is 1.50. The van der Waals surface area contributed by atoms with Crippen molar-refractivity contribution in [3.8, 4) is 11.5 Å². The maximum Gasteiger partial charge on any atom is 0.251 e. The molecule has 0 aliphatic heterocycles. The lowest BCUT2D eigenvalue weighted by Crippen LogP contribution is -2.32. The molecule has 2 amide bonds. The minimum absolute atomic E-state index is 0.0967. The van der Waals surface area contributed by atoms with E-state index in [9.17, 15) is 9.59 Å². The van der Waals surface area contributed by atoms with E-state index >= 15 is 0 Å². The Morgan fingerprint density at radius 2 is 1.58 bits per heavy atom. The third-order valence-electron chi connectivity index (χ3n) is 4.68. The number of ether oxygens (including phenoxy) is 1. The van der Waals surface area contributed by atoms with Gasteiger partial charge in [0.05, 0.1) is 6.54 Å². The van der Waals surface area contributed by atoms with E-state index in [0.29, 0.717) is 17.0 Å². The molecule has 160 valence electrons. The summed E-state index contributed by atoms with van der Waals surface area (Å²) in [5.74, 6) is 1.13. The summed E-state index contributed by atoms with van der Waals surface area (Å²) < 4.78 is 5.76. The number of benzene rings is 3. The van der Waals surface area contributed by atoms with Gasteiger partial charge in [-0.25, -0.2) is 0 Å². The quantitative estimate of drug-likeness (QED) is 0.455. The van der Waals surface area contributed by atoms with Crippen LogP contribution in [-0.2, 0) is 4.79 Å². The van der Waals surface area contributed by atoms with E-state index in [4.69, 9.17) is 4.74 Å². The summed E-state index contributed by atoms with van der Waals surface area (Å²) >= 11 is 0. The Kier molecular flexibility index (Phi) is 7.65. The van der Waals surface area contributed by atoms with Gasteiger partial charge in [0.25, 0.3) is 5.91 Å². The standard InChI is InChI=1S/C25H27N3O3/c1-3-18(2)27-25(30)19-8-7-9-21(16-19)28-24(29)17-26-20-12-14-23(15-13-20)31-22-10-5-4-6-11-22/h4-16,18,26H,3,17H2,1-2H3,(H,27,30)(H,28,29). The highest BCUT2D eigenvalue weighted by molar-refractivity contribution is 5.98. The highest BCUT2D eigenvalue weighted by Crippen LogP contribution is 2.22. The number of amides is 2. The van der Waals surface area contributed by atoms with Crippen LogP contribution >= 0.6 is 0 Å². The van der Waals surface area contributed by atoms with Crippen LogP contribution in [0.25, 0.3) is 0 Å². The smallest absolute Gasteiger partial charge is 0.251 e. The molecule has 0 fully saturated rings. The first-order valence-electron chi connectivity index (χ1n) is 10.3. The molecule has 1 atom stereocenters. The van der Waals surface area contributed by atoms with Crippen LogP contribution < -0.4 is 20.7 Å². The number of para-hydroxylation sites is 1. The lowest BCUT2D eigenvalue weighted by Gasteiger charge is -2.12. The zero-order valence-electron chi connectivity index (χ0n) is 17.7. The van der Waals surface area contributed by atoms with Gasteiger partial charge >= 0.3 is 0 Å². The Morgan fingerprint density at radius 1 is 0.871 bits per heavy atom. The third-order valence-corrected chi connectivity index (χ3v) is 4.68. The Morgan fingerprint density at radius 3 is 2.29 bits per heavy atom. The number of carbonyl (C=O) groups is 2. The summed E-state index contributed by atoms with van der Waals surface area (Å²) in [5.41, 5.74) is 1.90. The van der Waals surface area contributed by atoms with Crippen molar-refractivity contribution in [3.05, 3.63) is 84.4 Å². The van der Waals surface area contributed by atoms with E-state index in [1.807, 2.05) is 68.4 Å². The molecule has 0 aromatic heterocycles. The molecule has 0 saturated heterocycles. The van der Waals surface area contributed by atoms with Crippen molar-refractivity contribution in [2.24, 2.45) is 0 Å². The second-order valence-electron chi connectivity index (χ2n) is 7.20. The molecule has 3 aromatic rings. The van der Waals surface area contributed by atoms with Crippen molar-refractivity contribution in [1.29, 1.82) is 0 Å². The number of rotatable bonds is 9. The first kappa shape index (κ1) is 21.9. The molecule has 0 aliphatic rings. The van der Waals surface area contributed by atoms with Gasteiger partial charge in [0, 0.05) is 23.0 Å². The topological polar surface area (TPSA) is 79.5 Å². The minimum atomic E-state index is -0.205. The third kappa shape index (κ3) is 6.89. The summed E-state index contributed by atoms with van der Waals surface area (Å²) in [6.45, 7) is 4.07. The van der Waals surface area contributed by atoms with Crippen molar-refractivity contribution in [3.63, 3.8) is 0 Å². The SMILES string of the molecule is CCC(C)NC(=O)c1cccc(NC(=O)CNc2ccc(Oc3ccccc3)cc2)c1. The van der Waals surface area contributed by atoms with Crippen LogP contribution in [0.4, 0.5) is 11.4 Å². The van der Waals surface area contributed by atoms with Crippen LogP contribution in [0.3, 0.4) is 0 Å². The van der Waals surface area contributed by atoms with Gasteiger partial charge in [0.1, 0.15) is 11.5 Å².